The van der Waals surface area contributed by atoms with Gasteiger partial charge in [0.2, 0.25) is 11.8 Å². The van der Waals surface area contributed by atoms with Gasteiger partial charge in [-0.05, 0) is 85.1 Å². The number of anilines is 1. The maximum absolute atomic E-state index is 14.7. The third-order valence-corrected chi connectivity index (χ3v) is 10.4. The Morgan fingerprint density at radius 2 is 1.37 bits per heavy atom. The number of amides is 2. The molecule has 0 saturated carbocycles. The van der Waals surface area contributed by atoms with E-state index in [1.807, 2.05) is 74.5 Å². The number of sulfonamides is 1. The first kappa shape index (κ1) is 37.1. The molecule has 0 spiro atoms. The Kier molecular flexibility index (Phi) is 12.9. The summed E-state index contributed by atoms with van der Waals surface area (Å²) in [5.41, 5.74) is 2.76. The lowest BCUT2D eigenvalue weighted by atomic mass is 10.0. The normalized spacial score (nSPS) is 11.7. The predicted molar refractivity (Wildman–Crippen MR) is 203 cm³/mol. The van der Waals surface area contributed by atoms with Crippen LogP contribution < -0.4 is 14.4 Å². The monoisotopic (exact) mass is 723 g/mol. The molecule has 2 amide bonds. The molecule has 1 N–H and O–H groups in total. The van der Waals surface area contributed by atoms with Crippen LogP contribution in [0.4, 0.5) is 5.69 Å². The molecule has 0 aromatic heterocycles. The molecule has 10 heteroatoms. The maximum atomic E-state index is 14.7. The second kappa shape index (κ2) is 17.7. The average Bonchev–Trinajstić information content (AvgIpc) is 3.14. The quantitative estimate of drug-likeness (QED) is 0.104. The number of para-hydroxylation sites is 1. The van der Waals surface area contributed by atoms with E-state index < -0.39 is 28.5 Å². The van der Waals surface area contributed by atoms with E-state index in [2.05, 4.69) is 5.32 Å². The molecule has 0 saturated heterocycles. The van der Waals surface area contributed by atoms with Crippen molar-refractivity contribution in [2.24, 2.45) is 0 Å². The fourth-order valence-electron chi connectivity index (χ4n) is 5.52. The molecule has 1 atom stereocenters. The first-order valence-corrected chi connectivity index (χ1v) is 18.7. The average molecular weight is 724 g/mol. The highest BCUT2D eigenvalue weighted by Gasteiger charge is 2.34. The molecular weight excluding hydrogens is 682 g/mol. The zero-order valence-electron chi connectivity index (χ0n) is 28.7. The number of ether oxygens (including phenoxy) is 1. The summed E-state index contributed by atoms with van der Waals surface area (Å²) in [6, 6.07) is 37.8. The minimum atomic E-state index is -4.25. The van der Waals surface area contributed by atoms with Crippen LogP contribution in [0, 0.1) is 6.92 Å². The van der Waals surface area contributed by atoms with Gasteiger partial charge in [-0.2, -0.15) is 0 Å². The van der Waals surface area contributed by atoms with Gasteiger partial charge >= 0.3 is 0 Å². The number of hydrogen-bond acceptors (Lipinski definition) is 5. The second-order valence-corrected chi connectivity index (χ2v) is 14.5. The van der Waals surface area contributed by atoms with Crippen LogP contribution in [0.5, 0.6) is 11.5 Å². The second-order valence-electron chi connectivity index (χ2n) is 12.2. The summed E-state index contributed by atoms with van der Waals surface area (Å²) in [4.78, 5) is 30.1. The number of benzene rings is 5. The highest BCUT2D eigenvalue weighted by atomic mass is 35.5. The molecule has 0 aliphatic carbocycles. The standard InChI is InChI=1S/C41H42ClN3O5S/c1-3-4-27-43-41(47)39(28-32-11-7-5-8-12-32)44(29-33-17-19-34(42)20-18-33)40(46)30-45(51(48,49)38-25-15-31(2)16-26-38)35-21-23-37(24-22-35)50-36-13-9-6-10-14-36/h5-26,39H,3-4,27-30H2,1-2H3,(H,43,47)/t39-/m1/s1. The highest BCUT2D eigenvalue weighted by Crippen LogP contribution is 2.29. The molecule has 5 aromatic carbocycles. The zero-order valence-corrected chi connectivity index (χ0v) is 30.3. The number of hydrogen-bond donors (Lipinski definition) is 1. The summed E-state index contributed by atoms with van der Waals surface area (Å²) >= 11 is 6.19. The van der Waals surface area contributed by atoms with Crippen molar-refractivity contribution in [3.05, 3.63) is 155 Å². The lowest BCUT2D eigenvalue weighted by Crippen LogP contribution is -2.53. The zero-order chi connectivity index (χ0) is 36.2. The van der Waals surface area contributed by atoms with Crippen LogP contribution in [-0.2, 0) is 32.6 Å². The van der Waals surface area contributed by atoms with Gasteiger partial charge in [-0.1, -0.05) is 103 Å². The molecule has 51 heavy (non-hydrogen) atoms. The SMILES string of the molecule is CCCCNC(=O)[C@@H](Cc1ccccc1)N(Cc1ccc(Cl)cc1)C(=O)CN(c1ccc(Oc2ccccc2)cc1)S(=O)(=O)c1ccc(C)cc1. The summed E-state index contributed by atoms with van der Waals surface area (Å²) in [6.07, 6.45) is 1.90. The van der Waals surface area contributed by atoms with E-state index in [9.17, 15) is 18.0 Å². The van der Waals surface area contributed by atoms with Gasteiger partial charge in [-0.3, -0.25) is 13.9 Å². The molecule has 0 radical (unpaired) electrons. The number of nitrogens with one attached hydrogen (secondary N) is 1. The Bertz CT molecular complexity index is 1970. The predicted octanol–water partition coefficient (Wildman–Crippen LogP) is 8.19. The van der Waals surface area contributed by atoms with Crippen molar-refractivity contribution in [3.8, 4) is 11.5 Å². The third kappa shape index (κ3) is 10.2. The molecule has 0 bridgehead atoms. The number of carbonyl (C=O) groups excluding carboxylic acids is 2. The van der Waals surface area contributed by atoms with Gasteiger partial charge in [-0.15, -0.1) is 0 Å². The van der Waals surface area contributed by atoms with Crippen molar-refractivity contribution in [2.45, 2.75) is 50.6 Å². The summed E-state index contributed by atoms with van der Waals surface area (Å²) in [6.45, 7) is 3.85. The summed E-state index contributed by atoms with van der Waals surface area (Å²) in [5, 5.41) is 3.54. The van der Waals surface area contributed by atoms with Gasteiger partial charge in [0.05, 0.1) is 10.6 Å². The Labute approximate surface area is 305 Å². The van der Waals surface area contributed by atoms with Crippen LogP contribution in [0.15, 0.2) is 138 Å². The van der Waals surface area contributed by atoms with E-state index in [1.165, 1.54) is 17.0 Å². The highest BCUT2D eigenvalue weighted by molar-refractivity contribution is 7.92. The molecular formula is C41H42ClN3O5S. The molecule has 8 nitrogen and oxygen atoms in total. The van der Waals surface area contributed by atoms with Crippen LogP contribution in [-0.4, -0.2) is 44.3 Å². The molecule has 0 aliphatic heterocycles. The Morgan fingerprint density at radius 1 is 0.765 bits per heavy atom. The van der Waals surface area contributed by atoms with Gasteiger partial charge in [0, 0.05) is 24.5 Å². The van der Waals surface area contributed by atoms with Crippen molar-refractivity contribution < 1.29 is 22.7 Å². The van der Waals surface area contributed by atoms with Gasteiger partial charge in [0.1, 0.15) is 24.1 Å². The summed E-state index contributed by atoms with van der Waals surface area (Å²) < 4.78 is 35.8. The lowest BCUT2D eigenvalue weighted by Gasteiger charge is -2.34. The van der Waals surface area contributed by atoms with Gasteiger partial charge < -0.3 is 15.0 Å². The number of carbonyl (C=O) groups is 2. The Hall–Kier alpha value is -5.12. The summed E-state index contributed by atoms with van der Waals surface area (Å²) in [7, 11) is -4.25. The molecule has 0 fully saturated rings. The fraction of sp³-hybridized carbons (Fsp3) is 0.220. The van der Waals surface area contributed by atoms with Crippen molar-refractivity contribution >= 4 is 39.1 Å². The van der Waals surface area contributed by atoms with Crippen molar-refractivity contribution in [2.75, 3.05) is 17.4 Å². The van der Waals surface area contributed by atoms with Gasteiger partial charge in [0.25, 0.3) is 10.0 Å². The first-order chi connectivity index (χ1) is 24.6. The Morgan fingerprint density at radius 3 is 2.00 bits per heavy atom. The number of halogens is 1. The van der Waals surface area contributed by atoms with E-state index in [4.69, 9.17) is 16.3 Å². The number of nitrogens with zero attached hydrogens (tertiary/aromatic N) is 2. The van der Waals surface area contributed by atoms with E-state index >= 15 is 0 Å². The van der Waals surface area contributed by atoms with Crippen LogP contribution in [0.2, 0.25) is 5.02 Å². The minimum Gasteiger partial charge on any atom is -0.457 e. The van der Waals surface area contributed by atoms with Crippen molar-refractivity contribution in [1.29, 1.82) is 0 Å². The number of unbranched alkanes of at least 4 members (excludes halogenated alkanes) is 1. The minimum absolute atomic E-state index is 0.0351. The number of rotatable bonds is 16. The van der Waals surface area contributed by atoms with Crippen LogP contribution in [0.25, 0.3) is 0 Å². The fourth-order valence-corrected chi connectivity index (χ4v) is 7.06. The molecule has 0 unspecified atom stereocenters. The van der Waals surface area contributed by atoms with Crippen molar-refractivity contribution in [1.82, 2.24) is 10.2 Å². The largest absolute Gasteiger partial charge is 0.457 e. The number of aryl methyl sites for hydroxylation is 1. The topological polar surface area (TPSA) is 96.0 Å². The van der Waals surface area contributed by atoms with Gasteiger partial charge in [0.15, 0.2) is 0 Å². The van der Waals surface area contributed by atoms with E-state index in [1.54, 1.807) is 60.7 Å². The van der Waals surface area contributed by atoms with Crippen molar-refractivity contribution in [3.63, 3.8) is 0 Å². The van der Waals surface area contributed by atoms with Crippen LogP contribution in [0.3, 0.4) is 0 Å². The molecule has 0 aliphatic rings. The van der Waals surface area contributed by atoms with E-state index in [0.29, 0.717) is 23.1 Å². The molecule has 5 rings (SSSR count). The van der Waals surface area contributed by atoms with Crippen LogP contribution in [0.1, 0.15) is 36.5 Å². The van der Waals surface area contributed by atoms with Gasteiger partial charge in [-0.25, -0.2) is 8.42 Å². The summed E-state index contributed by atoms with van der Waals surface area (Å²) in [5.74, 6) is 0.269. The molecule has 0 heterocycles. The lowest BCUT2D eigenvalue weighted by molar-refractivity contribution is -0.140. The first-order valence-electron chi connectivity index (χ1n) is 16.9. The Balaban J connectivity index is 1.54. The van der Waals surface area contributed by atoms with E-state index in [-0.39, 0.29) is 29.5 Å². The smallest absolute Gasteiger partial charge is 0.264 e. The molecule has 5 aromatic rings. The molecule has 264 valence electrons. The van der Waals surface area contributed by atoms with Crippen LogP contribution >= 0.6 is 11.6 Å². The van der Waals surface area contributed by atoms with E-state index in [0.717, 1.165) is 33.8 Å². The maximum Gasteiger partial charge on any atom is 0.264 e. The third-order valence-electron chi connectivity index (χ3n) is 8.36.